The predicted octanol–water partition coefficient (Wildman–Crippen LogP) is 1.57. The van der Waals surface area contributed by atoms with Crippen LogP contribution in [0.15, 0.2) is 18.2 Å². The summed E-state index contributed by atoms with van der Waals surface area (Å²) in [5, 5.41) is 0.385. The molecular weight excluding hydrogens is 290 g/mol. The lowest BCUT2D eigenvalue weighted by Crippen LogP contribution is -2.31. The number of rotatable bonds is 4. The summed E-state index contributed by atoms with van der Waals surface area (Å²) in [5.74, 6) is -2.71. The molecule has 0 fully saturated rings. The summed E-state index contributed by atoms with van der Waals surface area (Å²) in [6.45, 7) is 5.13. The predicted molar refractivity (Wildman–Crippen MR) is 73.8 cm³/mol. The Hall–Kier alpha value is -2.70. The van der Waals surface area contributed by atoms with Gasteiger partial charge in [-0.15, -0.1) is 0 Å². The SMILES string of the molecule is CC(=O)ON1C(=O)c2ccc(C(=O)OCC(C)C)cc2C1=O. The van der Waals surface area contributed by atoms with E-state index in [9.17, 15) is 19.2 Å². The molecule has 1 heterocycles. The lowest BCUT2D eigenvalue weighted by Gasteiger charge is -2.10. The van der Waals surface area contributed by atoms with Crippen molar-refractivity contribution in [3.8, 4) is 0 Å². The fourth-order valence-corrected chi connectivity index (χ4v) is 1.88. The minimum Gasteiger partial charge on any atom is -0.462 e. The van der Waals surface area contributed by atoms with Crippen LogP contribution in [0.1, 0.15) is 51.8 Å². The molecule has 1 aliphatic rings. The zero-order valence-corrected chi connectivity index (χ0v) is 12.4. The quantitative estimate of drug-likeness (QED) is 0.619. The van der Waals surface area contributed by atoms with Crippen LogP contribution in [0.5, 0.6) is 0 Å². The van der Waals surface area contributed by atoms with E-state index in [1.54, 1.807) is 0 Å². The molecule has 0 spiro atoms. The lowest BCUT2D eigenvalue weighted by atomic mass is 10.1. The highest BCUT2D eigenvalue weighted by Gasteiger charge is 2.39. The second kappa shape index (κ2) is 5.97. The maximum absolute atomic E-state index is 12.1. The summed E-state index contributed by atoms with van der Waals surface area (Å²) in [6.07, 6.45) is 0. The number of amides is 2. The fourth-order valence-electron chi connectivity index (χ4n) is 1.88. The van der Waals surface area contributed by atoms with Crippen LogP contribution in [0, 0.1) is 5.92 Å². The summed E-state index contributed by atoms with van der Waals surface area (Å²) in [5.41, 5.74) is 0.238. The number of carbonyl (C=O) groups excluding carboxylic acids is 4. The first-order valence-electron chi connectivity index (χ1n) is 6.69. The van der Waals surface area contributed by atoms with E-state index in [0.717, 1.165) is 6.92 Å². The number of ether oxygens (including phenoxy) is 1. The molecule has 0 aromatic heterocycles. The van der Waals surface area contributed by atoms with Gasteiger partial charge in [0.05, 0.1) is 23.3 Å². The van der Waals surface area contributed by atoms with E-state index in [2.05, 4.69) is 4.84 Å². The zero-order valence-electron chi connectivity index (χ0n) is 12.4. The van der Waals surface area contributed by atoms with E-state index in [0.29, 0.717) is 5.06 Å². The Morgan fingerprint density at radius 2 is 1.77 bits per heavy atom. The minimum absolute atomic E-state index is 0.00486. The Labute approximate surface area is 126 Å². The summed E-state index contributed by atoms with van der Waals surface area (Å²) in [7, 11) is 0. The van der Waals surface area contributed by atoms with Gasteiger partial charge in [0.25, 0.3) is 11.8 Å². The van der Waals surface area contributed by atoms with Gasteiger partial charge in [-0.05, 0) is 24.1 Å². The van der Waals surface area contributed by atoms with E-state index in [1.807, 2.05) is 13.8 Å². The molecule has 2 rings (SSSR count). The first-order valence-corrected chi connectivity index (χ1v) is 6.69. The van der Waals surface area contributed by atoms with E-state index in [4.69, 9.17) is 4.74 Å². The van der Waals surface area contributed by atoms with Gasteiger partial charge < -0.3 is 9.57 Å². The van der Waals surface area contributed by atoms with Gasteiger partial charge in [0.2, 0.25) is 0 Å². The molecule has 0 bridgehead atoms. The molecule has 0 saturated heterocycles. The standard InChI is InChI=1S/C15H15NO6/c1-8(2)7-21-15(20)10-4-5-11-12(6-10)14(19)16(13(11)18)22-9(3)17/h4-6,8H,7H2,1-3H3. The summed E-state index contributed by atoms with van der Waals surface area (Å²) < 4.78 is 5.07. The zero-order chi connectivity index (χ0) is 16.4. The van der Waals surface area contributed by atoms with E-state index < -0.39 is 23.8 Å². The third-order valence-electron chi connectivity index (χ3n) is 2.85. The highest BCUT2D eigenvalue weighted by atomic mass is 16.7. The van der Waals surface area contributed by atoms with Crippen molar-refractivity contribution in [1.29, 1.82) is 0 Å². The molecule has 116 valence electrons. The van der Waals surface area contributed by atoms with Crippen LogP contribution >= 0.6 is 0 Å². The number of imide groups is 1. The van der Waals surface area contributed by atoms with Crippen LogP contribution in [0.4, 0.5) is 0 Å². The summed E-state index contributed by atoms with van der Waals surface area (Å²) in [6, 6.07) is 4.00. The van der Waals surface area contributed by atoms with Crippen molar-refractivity contribution in [2.45, 2.75) is 20.8 Å². The molecule has 0 saturated carbocycles. The van der Waals surface area contributed by atoms with E-state index in [1.165, 1.54) is 18.2 Å². The highest BCUT2D eigenvalue weighted by molar-refractivity contribution is 6.21. The summed E-state index contributed by atoms with van der Waals surface area (Å²) in [4.78, 5) is 51.4. The van der Waals surface area contributed by atoms with Crippen LogP contribution in [0.25, 0.3) is 0 Å². The lowest BCUT2D eigenvalue weighted by molar-refractivity contribution is -0.165. The van der Waals surface area contributed by atoms with Gasteiger partial charge in [-0.2, -0.15) is 0 Å². The smallest absolute Gasteiger partial charge is 0.338 e. The van der Waals surface area contributed by atoms with Gasteiger partial charge in [0, 0.05) is 6.92 Å². The van der Waals surface area contributed by atoms with Crippen LogP contribution in [-0.4, -0.2) is 35.4 Å². The van der Waals surface area contributed by atoms with Crippen molar-refractivity contribution in [2.24, 2.45) is 5.92 Å². The molecule has 7 heteroatoms. The highest BCUT2D eigenvalue weighted by Crippen LogP contribution is 2.24. The number of nitrogens with zero attached hydrogens (tertiary/aromatic N) is 1. The first-order chi connectivity index (χ1) is 10.3. The Kier molecular flexibility index (Phi) is 4.25. The number of carbonyl (C=O) groups is 4. The normalized spacial score (nSPS) is 13.4. The fraction of sp³-hybridized carbons (Fsp3) is 0.333. The molecule has 1 aliphatic heterocycles. The number of hydrogen-bond acceptors (Lipinski definition) is 6. The second-order valence-corrected chi connectivity index (χ2v) is 5.24. The van der Waals surface area contributed by atoms with Crippen LogP contribution in [-0.2, 0) is 14.4 Å². The van der Waals surface area contributed by atoms with Crippen molar-refractivity contribution >= 4 is 23.8 Å². The monoisotopic (exact) mass is 305 g/mol. The largest absolute Gasteiger partial charge is 0.462 e. The van der Waals surface area contributed by atoms with Crippen molar-refractivity contribution in [3.63, 3.8) is 0 Å². The van der Waals surface area contributed by atoms with Gasteiger partial charge in [-0.25, -0.2) is 9.59 Å². The Balaban J connectivity index is 2.25. The topological polar surface area (TPSA) is 90.0 Å². The van der Waals surface area contributed by atoms with Gasteiger partial charge in [0.1, 0.15) is 0 Å². The van der Waals surface area contributed by atoms with Crippen molar-refractivity contribution in [3.05, 3.63) is 34.9 Å². The molecule has 2 amide bonds. The average Bonchev–Trinajstić information content (AvgIpc) is 2.69. The number of esters is 1. The Morgan fingerprint density at radius 3 is 2.36 bits per heavy atom. The van der Waals surface area contributed by atoms with Crippen LogP contribution in [0.2, 0.25) is 0 Å². The molecule has 7 nitrogen and oxygen atoms in total. The molecule has 1 aromatic rings. The van der Waals surface area contributed by atoms with Gasteiger partial charge >= 0.3 is 11.9 Å². The molecule has 0 N–H and O–H groups in total. The maximum atomic E-state index is 12.1. The van der Waals surface area contributed by atoms with Crippen molar-refractivity contribution < 1.29 is 28.8 Å². The first kappa shape index (κ1) is 15.7. The number of hydroxylamine groups is 2. The van der Waals surface area contributed by atoms with Crippen molar-refractivity contribution in [1.82, 2.24) is 5.06 Å². The third-order valence-corrected chi connectivity index (χ3v) is 2.85. The third kappa shape index (κ3) is 2.98. The average molecular weight is 305 g/mol. The number of fused-ring (bicyclic) bond motifs is 1. The maximum Gasteiger partial charge on any atom is 0.338 e. The van der Waals surface area contributed by atoms with Crippen LogP contribution < -0.4 is 0 Å². The number of hydrogen-bond donors (Lipinski definition) is 0. The molecule has 1 aromatic carbocycles. The van der Waals surface area contributed by atoms with E-state index in [-0.39, 0.29) is 29.2 Å². The molecule has 22 heavy (non-hydrogen) atoms. The molecule has 0 radical (unpaired) electrons. The van der Waals surface area contributed by atoms with Crippen molar-refractivity contribution in [2.75, 3.05) is 6.61 Å². The number of benzene rings is 1. The Bertz CT molecular complexity index is 664. The second-order valence-electron chi connectivity index (χ2n) is 5.24. The minimum atomic E-state index is -0.786. The van der Waals surface area contributed by atoms with Crippen LogP contribution in [0.3, 0.4) is 0 Å². The molecule has 0 atom stereocenters. The van der Waals surface area contributed by atoms with Gasteiger partial charge in [-0.1, -0.05) is 18.9 Å². The van der Waals surface area contributed by atoms with Gasteiger partial charge in [-0.3, -0.25) is 9.59 Å². The molecule has 0 unspecified atom stereocenters. The molecular formula is C15H15NO6. The van der Waals surface area contributed by atoms with Gasteiger partial charge in [0.15, 0.2) is 0 Å². The Morgan fingerprint density at radius 1 is 1.14 bits per heavy atom. The van der Waals surface area contributed by atoms with E-state index >= 15 is 0 Å². The summed E-state index contributed by atoms with van der Waals surface area (Å²) >= 11 is 0. The molecule has 0 aliphatic carbocycles.